The molecule has 0 radical (unpaired) electrons. The van der Waals surface area contributed by atoms with Gasteiger partial charge in [0.05, 0.1) is 5.41 Å². The van der Waals surface area contributed by atoms with Gasteiger partial charge in [-0.3, -0.25) is 4.79 Å². The second-order valence-corrected chi connectivity index (χ2v) is 6.13. The Bertz CT molecular complexity index is 785. The molecular weight excluding hydrogens is 294 g/mol. The Morgan fingerprint density at radius 1 is 0.750 bits per heavy atom. The van der Waals surface area contributed by atoms with Crippen molar-refractivity contribution in [2.75, 3.05) is 5.32 Å². The maximum atomic E-state index is 13.3. The van der Waals surface area contributed by atoms with E-state index in [1.54, 1.807) is 0 Å². The van der Waals surface area contributed by atoms with E-state index in [0.29, 0.717) is 0 Å². The Labute approximate surface area is 143 Å². The smallest absolute Gasteiger partial charge is 0.239 e. The molecule has 0 heterocycles. The molecule has 3 aromatic rings. The van der Waals surface area contributed by atoms with E-state index in [9.17, 15) is 4.79 Å². The first-order valence-corrected chi connectivity index (χ1v) is 8.10. The molecule has 0 spiro atoms. The van der Waals surface area contributed by atoms with Crippen molar-refractivity contribution in [3.8, 4) is 0 Å². The maximum Gasteiger partial charge on any atom is 0.239 e. The molecule has 0 saturated carbocycles. The summed E-state index contributed by atoms with van der Waals surface area (Å²) in [7, 11) is 0. The molecule has 1 amide bonds. The molecule has 0 atom stereocenters. The Balaban J connectivity index is 2.06. The lowest BCUT2D eigenvalue weighted by atomic mass is 9.75. The summed E-state index contributed by atoms with van der Waals surface area (Å²) in [5.74, 6) is -0.0331. The van der Waals surface area contributed by atoms with Crippen LogP contribution in [0.1, 0.15) is 23.6 Å². The summed E-state index contributed by atoms with van der Waals surface area (Å²) >= 11 is 0. The molecule has 0 aliphatic heterocycles. The minimum absolute atomic E-state index is 0.0331. The van der Waals surface area contributed by atoms with Crippen molar-refractivity contribution in [1.82, 2.24) is 0 Å². The normalized spacial score (nSPS) is 11.1. The van der Waals surface area contributed by atoms with Crippen LogP contribution in [-0.2, 0) is 10.2 Å². The van der Waals surface area contributed by atoms with Crippen molar-refractivity contribution < 1.29 is 4.79 Å². The van der Waals surface area contributed by atoms with Crippen LogP contribution in [0.15, 0.2) is 84.9 Å². The van der Waals surface area contributed by atoms with Gasteiger partial charge in [0, 0.05) is 5.69 Å². The predicted octanol–water partition coefficient (Wildman–Crippen LogP) is 4.94. The summed E-state index contributed by atoms with van der Waals surface area (Å²) in [6, 6.07) is 27.7. The monoisotopic (exact) mass is 315 g/mol. The zero-order chi connectivity index (χ0) is 17.0. The Morgan fingerprint density at radius 2 is 1.21 bits per heavy atom. The average molecular weight is 315 g/mol. The molecule has 3 rings (SSSR count). The van der Waals surface area contributed by atoms with Gasteiger partial charge in [-0.1, -0.05) is 78.9 Å². The minimum Gasteiger partial charge on any atom is -0.325 e. The molecule has 0 bridgehead atoms. The minimum atomic E-state index is -0.759. The first-order chi connectivity index (χ1) is 11.6. The van der Waals surface area contributed by atoms with Crippen molar-refractivity contribution in [1.29, 1.82) is 0 Å². The molecule has 0 unspecified atom stereocenters. The highest BCUT2D eigenvalue weighted by atomic mass is 16.2. The van der Waals surface area contributed by atoms with Gasteiger partial charge >= 0.3 is 0 Å². The van der Waals surface area contributed by atoms with Crippen LogP contribution in [0.2, 0.25) is 0 Å². The lowest BCUT2D eigenvalue weighted by Crippen LogP contribution is -2.38. The third-order valence-corrected chi connectivity index (χ3v) is 4.55. The van der Waals surface area contributed by atoms with Crippen LogP contribution in [0.3, 0.4) is 0 Å². The molecular formula is C22H21NO. The number of nitrogens with one attached hydrogen (secondary N) is 1. The summed E-state index contributed by atoms with van der Waals surface area (Å²) in [5, 5.41) is 3.11. The molecule has 2 heteroatoms. The first kappa shape index (κ1) is 16.0. The second-order valence-electron chi connectivity index (χ2n) is 6.13. The summed E-state index contributed by atoms with van der Waals surface area (Å²) < 4.78 is 0. The highest BCUT2D eigenvalue weighted by Crippen LogP contribution is 2.33. The van der Waals surface area contributed by atoms with Crippen molar-refractivity contribution >= 4 is 11.6 Å². The van der Waals surface area contributed by atoms with Gasteiger partial charge in [0.1, 0.15) is 0 Å². The Kier molecular flexibility index (Phi) is 4.48. The van der Waals surface area contributed by atoms with Gasteiger partial charge in [-0.15, -0.1) is 0 Å². The number of anilines is 1. The lowest BCUT2D eigenvalue weighted by molar-refractivity contribution is -0.119. The van der Waals surface area contributed by atoms with Gasteiger partial charge in [0.2, 0.25) is 5.91 Å². The number of carbonyl (C=O) groups is 1. The number of para-hydroxylation sites is 1. The summed E-state index contributed by atoms with van der Waals surface area (Å²) in [5.41, 5.74) is 3.09. The van der Waals surface area contributed by atoms with Gasteiger partial charge in [0.25, 0.3) is 0 Å². The van der Waals surface area contributed by atoms with Crippen LogP contribution in [0.5, 0.6) is 0 Å². The van der Waals surface area contributed by atoms with E-state index in [0.717, 1.165) is 22.4 Å². The molecule has 3 aromatic carbocycles. The van der Waals surface area contributed by atoms with Crippen LogP contribution in [0.25, 0.3) is 0 Å². The number of hydrogen-bond donors (Lipinski definition) is 1. The highest BCUT2D eigenvalue weighted by Gasteiger charge is 2.37. The van der Waals surface area contributed by atoms with E-state index in [4.69, 9.17) is 0 Å². The summed E-state index contributed by atoms with van der Waals surface area (Å²) in [6.45, 7) is 3.98. The van der Waals surface area contributed by atoms with Crippen LogP contribution in [-0.4, -0.2) is 5.91 Å². The van der Waals surface area contributed by atoms with Gasteiger partial charge in [-0.2, -0.15) is 0 Å². The molecule has 24 heavy (non-hydrogen) atoms. The highest BCUT2D eigenvalue weighted by molar-refractivity contribution is 6.01. The molecule has 0 saturated heterocycles. The largest absolute Gasteiger partial charge is 0.325 e. The zero-order valence-corrected chi connectivity index (χ0v) is 14.0. The number of rotatable bonds is 4. The van der Waals surface area contributed by atoms with E-state index in [2.05, 4.69) is 5.32 Å². The third kappa shape index (κ3) is 2.95. The zero-order valence-electron chi connectivity index (χ0n) is 14.0. The molecule has 0 aliphatic rings. The topological polar surface area (TPSA) is 29.1 Å². The fourth-order valence-electron chi connectivity index (χ4n) is 2.93. The molecule has 0 aliphatic carbocycles. The van der Waals surface area contributed by atoms with E-state index >= 15 is 0 Å². The maximum absolute atomic E-state index is 13.3. The van der Waals surface area contributed by atoms with Crippen molar-refractivity contribution in [2.24, 2.45) is 0 Å². The SMILES string of the molecule is Cc1ccccc1NC(=O)C(C)(c1ccccc1)c1ccccc1. The molecule has 0 aromatic heterocycles. The van der Waals surface area contributed by atoms with E-state index in [1.807, 2.05) is 98.8 Å². The van der Waals surface area contributed by atoms with Crippen LogP contribution in [0.4, 0.5) is 5.69 Å². The Morgan fingerprint density at radius 3 is 1.71 bits per heavy atom. The molecule has 1 N–H and O–H groups in total. The van der Waals surface area contributed by atoms with E-state index in [-0.39, 0.29) is 5.91 Å². The Hall–Kier alpha value is -2.87. The standard InChI is InChI=1S/C22H21NO/c1-17-11-9-10-16-20(17)23-21(24)22(2,18-12-5-3-6-13-18)19-14-7-4-8-15-19/h3-16H,1-2H3,(H,23,24). The number of benzene rings is 3. The number of hydrogen-bond acceptors (Lipinski definition) is 1. The fourth-order valence-corrected chi connectivity index (χ4v) is 2.93. The van der Waals surface area contributed by atoms with E-state index < -0.39 is 5.41 Å². The fraction of sp³-hybridized carbons (Fsp3) is 0.136. The first-order valence-electron chi connectivity index (χ1n) is 8.10. The number of carbonyl (C=O) groups excluding carboxylic acids is 1. The van der Waals surface area contributed by atoms with Crippen LogP contribution >= 0.6 is 0 Å². The molecule has 0 fully saturated rings. The predicted molar refractivity (Wildman–Crippen MR) is 99.1 cm³/mol. The molecule has 120 valence electrons. The number of amides is 1. The van der Waals surface area contributed by atoms with E-state index in [1.165, 1.54) is 0 Å². The van der Waals surface area contributed by atoms with Gasteiger partial charge in [-0.05, 0) is 36.6 Å². The lowest BCUT2D eigenvalue weighted by Gasteiger charge is -2.30. The average Bonchev–Trinajstić information content (AvgIpc) is 2.64. The summed E-state index contributed by atoms with van der Waals surface area (Å²) in [6.07, 6.45) is 0. The summed E-state index contributed by atoms with van der Waals surface area (Å²) in [4.78, 5) is 13.3. The van der Waals surface area contributed by atoms with Crippen LogP contribution < -0.4 is 5.32 Å². The van der Waals surface area contributed by atoms with Gasteiger partial charge in [0.15, 0.2) is 0 Å². The van der Waals surface area contributed by atoms with Crippen molar-refractivity contribution in [2.45, 2.75) is 19.3 Å². The quantitative estimate of drug-likeness (QED) is 0.726. The van der Waals surface area contributed by atoms with Gasteiger partial charge in [-0.25, -0.2) is 0 Å². The van der Waals surface area contributed by atoms with Gasteiger partial charge < -0.3 is 5.32 Å². The second kappa shape index (κ2) is 6.71. The van der Waals surface area contributed by atoms with Crippen molar-refractivity contribution in [3.63, 3.8) is 0 Å². The molecule has 2 nitrogen and oxygen atoms in total. The number of aryl methyl sites for hydroxylation is 1. The third-order valence-electron chi connectivity index (χ3n) is 4.55. The van der Waals surface area contributed by atoms with Crippen LogP contribution in [0, 0.1) is 6.92 Å². The van der Waals surface area contributed by atoms with Crippen molar-refractivity contribution in [3.05, 3.63) is 102 Å².